The molecule has 1 unspecified atom stereocenters. The monoisotopic (exact) mass is 561 g/mol. The molecule has 5 atom stereocenters. The van der Waals surface area contributed by atoms with E-state index in [-0.39, 0.29) is 0 Å². The largest absolute Gasteiger partial charge is 0.467 e. The number of esters is 4. The van der Waals surface area contributed by atoms with Gasteiger partial charge in [0.2, 0.25) is 18.3 Å². The van der Waals surface area contributed by atoms with E-state index >= 15 is 0 Å². The van der Waals surface area contributed by atoms with Gasteiger partial charge in [-0.2, -0.15) is 0 Å². The highest BCUT2D eigenvalue weighted by Crippen LogP contribution is 2.34. The van der Waals surface area contributed by atoms with Gasteiger partial charge in [-0.3, -0.25) is 19.8 Å². The zero-order valence-corrected chi connectivity index (χ0v) is 22.6. The fourth-order valence-corrected chi connectivity index (χ4v) is 2.73. The van der Waals surface area contributed by atoms with E-state index < -0.39 is 82.0 Å². The van der Waals surface area contributed by atoms with Crippen molar-refractivity contribution >= 4 is 64.6 Å². The number of rotatable bonds is 8. The van der Waals surface area contributed by atoms with Gasteiger partial charge in [-0.15, -0.1) is 0 Å². The molecular formula is C21H30Cl3NO10. The number of hydrogen-bond donors (Lipinski definition) is 1. The molecule has 11 nitrogen and oxygen atoms in total. The summed E-state index contributed by atoms with van der Waals surface area (Å²) in [6, 6.07) is 0. The van der Waals surface area contributed by atoms with E-state index in [1.807, 2.05) is 0 Å². The second-order valence-electron chi connectivity index (χ2n) is 8.56. The molecule has 0 saturated carbocycles. The van der Waals surface area contributed by atoms with Gasteiger partial charge in [0.1, 0.15) is 0 Å². The second kappa shape index (κ2) is 12.9. The van der Waals surface area contributed by atoms with E-state index in [2.05, 4.69) is 0 Å². The third-order valence-corrected chi connectivity index (χ3v) is 5.11. The Balaban J connectivity index is 3.65. The average molecular weight is 563 g/mol. The Morgan fingerprint density at radius 3 is 1.51 bits per heavy atom. The molecule has 0 aliphatic carbocycles. The fourth-order valence-electron chi connectivity index (χ4n) is 2.59. The number of halogens is 3. The van der Waals surface area contributed by atoms with Gasteiger partial charge in [-0.25, -0.2) is 4.79 Å². The van der Waals surface area contributed by atoms with Crippen LogP contribution >= 0.6 is 34.8 Å². The van der Waals surface area contributed by atoms with Gasteiger partial charge in [-0.1, -0.05) is 76.3 Å². The molecule has 1 heterocycles. The summed E-state index contributed by atoms with van der Waals surface area (Å²) < 4.78 is 29.8. The Labute approximate surface area is 218 Å². The van der Waals surface area contributed by atoms with Gasteiger partial charge in [0.15, 0.2) is 18.3 Å². The van der Waals surface area contributed by atoms with E-state index in [0.29, 0.717) is 0 Å². The number of alkyl halides is 3. The Morgan fingerprint density at radius 2 is 1.14 bits per heavy atom. The van der Waals surface area contributed by atoms with Crippen molar-refractivity contribution in [2.75, 3.05) is 7.11 Å². The lowest BCUT2D eigenvalue weighted by Crippen LogP contribution is -2.64. The van der Waals surface area contributed by atoms with E-state index in [9.17, 15) is 19.2 Å². The molecule has 0 radical (unpaired) electrons. The van der Waals surface area contributed by atoms with E-state index in [0.717, 1.165) is 7.11 Å². The van der Waals surface area contributed by atoms with Crippen LogP contribution in [0.25, 0.3) is 0 Å². The summed E-state index contributed by atoms with van der Waals surface area (Å²) in [6.07, 6.45) is -8.35. The van der Waals surface area contributed by atoms with Gasteiger partial charge in [0, 0.05) is 0 Å². The molecule has 1 saturated heterocycles. The first-order valence-corrected chi connectivity index (χ1v) is 11.8. The zero-order valence-electron chi connectivity index (χ0n) is 20.3. The van der Waals surface area contributed by atoms with Gasteiger partial charge >= 0.3 is 23.9 Å². The van der Waals surface area contributed by atoms with E-state index in [1.165, 1.54) is 27.7 Å². The van der Waals surface area contributed by atoms with Gasteiger partial charge < -0.3 is 28.4 Å². The third kappa shape index (κ3) is 8.66. The maximum Gasteiger partial charge on any atom is 0.339 e. The predicted molar refractivity (Wildman–Crippen MR) is 124 cm³/mol. The van der Waals surface area contributed by atoms with Crippen molar-refractivity contribution in [2.45, 2.75) is 76.0 Å². The average Bonchev–Trinajstić information content (AvgIpc) is 2.75. The van der Waals surface area contributed by atoms with Crippen molar-refractivity contribution < 1.29 is 47.6 Å². The van der Waals surface area contributed by atoms with Gasteiger partial charge in [0.25, 0.3) is 3.79 Å². The van der Waals surface area contributed by atoms with Crippen LogP contribution in [0.4, 0.5) is 0 Å². The van der Waals surface area contributed by atoms with Crippen molar-refractivity contribution in [2.24, 2.45) is 17.8 Å². The molecule has 0 aromatic rings. The minimum absolute atomic E-state index is 0.641. The molecule has 0 spiro atoms. The highest BCUT2D eigenvalue weighted by molar-refractivity contribution is 6.76. The van der Waals surface area contributed by atoms with Crippen LogP contribution in [0.1, 0.15) is 41.5 Å². The first kappa shape index (κ1) is 31.2. The molecule has 1 aliphatic heterocycles. The Kier molecular flexibility index (Phi) is 11.5. The minimum atomic E-state index is -2.35. The second-order valence-corrected chi connectivity index (χ2v) is 10.8. The molecule has 0 aromatic heterocycles. The van der Waals surface area contributed by atoms with E-state index in [4.69, 9.17) is 68.6 Å². The van der Waals surface area contributed by atoms with Gasteiger partial charge in [0.05, 0.1) is 24.9 Å². The molecule has 200 valence electrons. The normalized spacial score (nSPS) is 24.7. The number of ether oxygens (including phenoxy) is 6. The summed E-state index contributed by atoms with van der Waals surface area (Å²) in [4.78, 5) is 50.1. The van der Waals surface area contributed by atoms with Crippen LogP contribution in [0.2, 0.25) is 0 Å². The molecule has 0 amide bonds. The molecule has 1 aliphatic rings. The Morgan fingerprint density at radius 1 is 0.743 bits per heavy atom. The van der Waals surface area contributed by atoms with Crippen LogP contribution in [0, 0.1) is 23.2 Å². The van der Waals surface area contributed by atoms with Crippen LogP contribution in [-0.2, 0) is 47.6 Å². The van der Waals surface area contributed by atoms with Crippen molar-refractivity contribution in [3.05, 3.63) is 0 Å². The van der Waals surface area contributed by atoms with Crippen LogP contribution < -0.4 is 0 Å². The number of hydrogen-bond acceptors (Lipinski definition) is 11. The molecule has 0 bridgehead atoms. The third-order valence-electron chi connectivity index (χ3n) is 4.59. The van der Waals surface area contributed by atoms with Crippen molar-refractivity contribution in [1.82, 2.24) is 0 Å². The molecule has 1 fully saturated rings. The molecule has 1 N–H and O–H groups in total. The lowest BCUT2D eigenvalue weighted by Gasteiger charge is -2.44. The molecule has 0 aromatic carbocycles. The minimum Gasteiger partial charge on any atom is -0.467 e. The molecule has 1 rings (SSSR count). The smallest absolute Gasteiger partial charge is 0.339 e. The first-order valence-electron chi connectivity index (χ1n) is 10.7. The summed E-state index contributed by atoms with van der Waals surface area (Å²) in [5, 5.41) is 7.90. The Hall–Kier alpha value is -1.82. The number of methoxy groups -OCH3 is 1. The Bertz CT molecular complexity index is 812. The fraction of sp³-hybridized carbons (Fsp3) is 0.762. The topological polar surface area (TPSA) is 148 Å². The predicted octanol–water partition coefficient (Wildman–Crippen LogP) is 2.95. The lowest BCUT2D eigenvalue weighted by atomic mass is 9.97. The van der Waals surface area contributed by atoms with Crippen LogP contribution in [-0.4, -0.2) is 71.4 Å². The number of carbonyl (C=O) groups excluding carboxylic acids is 4. The quantitative estimate of drug-likeness (QED) is 0.154. The summed E-state index contributed by atoms with van der Waals surface area (Å²) in [5.41, 5.74) is 0. The van der Waals surface area contributed by atoms with E-state index in [1.54, 1.807) is 13.8 Å². The summed E-state index contributed by atoms with van der Waals surface area (Å²) in [6.45, 7) is 9.23. The summed E-state index contributed by atoms with van der Waals surface area (Å²) >= 11 is 17.1. The summed E-state index contributed by atoms with van der Waals surface area (Å²) in [5.74, 6) is -6.22. The standard InChI is InChI=1S/C21H30Cl3NO10/c1-8(2)15(26)31-11-12(32-16(27)9(3)4)14(33-17(28)10(5)6)19(34-13(11)18(29)30-7)35-20(25)21(22,23)24/h8-14,19,25H,1-7H3/t11-,12-,13-,14+,19?/m0/s1. The molecule has 35 heavy (non-hydrogen) atoms. The number of carbonyl (C=O) groups is 4. The molecular weight excluding hydrogens is 533 g/mol. The maximum atomic E-state index is 12.6. The first-order chi connectivity index (χ1) is 16.0. The van der Waals surface area contributed by atoms with Crippen molar-refractivity contribution in [1.29, 1.82) is 5.41 Å². The van der Waals surface area contributed by atoms with Crippen LogP contribution in [0.3, 0.4) is 0 Å². The van der Waals surface area contributed by atoms with Crippen LogP contribution in [0.15, 0.2) is 0 Å². The SMILES string of the molecule is COC(=O)[C@H]1OC(OC(=N)C(Cl)(Cl)Cl)[C@H](OC(=O)C(C)C)[C@@H](OC(=O)C(C)C)[C@@H]1OC(=O)C(C)C. The van der Waals surface area contributed by atoms with Gasteiger partial charge in [-0.05, 0) is 0 Å². The van der Waals surface area contributed by atoms with Crippen molar-refractivity contribution in [3.8, 4) is 0 Å². The lowest BCUT2D eigenvalue weighted by molar-refractivity contribution is -0.288. The summed E-state index contributed by atoms with van der Waals surface area (Å²) in [7, 11) is 1.05. The number of nitrogens with one attached hydrogen (secondary N) is 1. The van der Waals surface area contributed by atoms with Crippen LogP contribution in [0.5, 0.6) is 0 Å². The highest BCUT2D eigenvalue weighted by atomic mass is 35.6. The molecule has 14 heteroatoms. The highest BCUT2D eigenvalue weighted by Gasteiger charge is 2.57. The van der Waals surface area contributed by atoms with Crippen molar-refractivity contribution in [3.63, 3.8) is 0 Å². The zero-order chi connectivity index (χ0) is 27.2. The maximum absolute atomic E-state index is 12.6.